The number of carbonyl (C=O) groups is 1. The Kier molecular flexibility index (Phi) is 4.09. The predicted molar refractivity (Wildman–Crippen MR) is 91.9 cm³/mol. The van der Waals surface area contributed by atoms with Crippen LogP contribution in [0.3, 0.4) is 0 Å². The zero-order valence-corrected chi connectivity index (χ0v) is 15.0. The van der Waals surface area contributed by atoms with Gasteiger partial charge in [0.1, 0.15) is 0 Å². The van der Waals surface area contributed by atoms with Gasteiger partial charge < -0.3 is 15.3 Å². The van der Waals surface area contributed by atoms with Crippen molar-refractivity contribution in [2.45, 2.75) is 12.6 Å². The molecule has 1 aromatic carbocycles. The number of anilines is 2. The Hall–Kier alpha value is -0.890. The number of rotatable bonds is 3. The fourth-order valence-corrected chi connectivity index (χ4v) is 4.20. The van der Waals surface area contributed by atoms with Gasteiger partial charge in [0.2, 0.25) is 0 Å². The predicted octanol–water partition coefficient (Wildman–Crippen LogP) is 3.90. The van der Waals surface area contributed by atoms with E-state index in [1.807, 2.05) is 13.1 Å². The van der Waals surface area contributed by atoms with Crippen LogP contribution in [-0.2, 0) is 11.3 Å². The monoisotopic (exact) mass is 430 g/mol. The van der Waals surface area contributed by atoms with Crippen LogP contribution in [0.25, 0.3) is 0 Å². The van der Waals surface area contributed by atoms with E-state index in [0.717, 1.165) is 20.5 Å². The maximum Gasteiger partial charge on any atom is 0.257 e. The largest absolute Gasteiger partial charge is 0.378 e. The number of benzene rings is 1. The number of nitrogens with zero attached hydrogens (tertiary/aromatic N) is 1. The van der Waals surface area contributed by atoms with Gasteiger partial charge in [-0.3, -0.25) is 4.79 Å². The first-order chi connectivity index (χ1) is 9.95. The van der Waals surface area contributed by atoms with E-state index in [4.69, 9.17) is 0 Å². The van der Waals surface area contributed by atoms with Gasteiger partial charge >= 0.3 is 0 Å². The Morgan fingerprint density at radius 3 is 2.81 bits per heavy atom. The third-order valence-electron chi connectivity index (χ3n) is 3.37. The summed E-state index contributed by atoms with van der Waals surface area (Å²) in [5, 5.41) is 14.6. The quantitative estimate of drug-likeness (QED) is 0.774. The Morgan fingerprint density at radius 2 is 2.14 bits per heavy atom. The summed E-state index contributed by atoms with van der Waals surface area (Å²) >= 11 is 8.63. The van der Waals surface area contributed by atoms with E-state index in [-0.39, 0.29) is 5.91 Å². The number of aliphatic hydroxyl groups is 1. The van der Waals surface area contributed by atoms with E-state index in [1.165, 1.54) is 5.56 Å². The summed E-state index contributed by atoms with van der Waals surface area (Å²) in [6, 6.07) is 5.77. The molecule has 1 unspecified atom stereocenters. The van der Waals surface area contributed by atoms with Crippen LogP contribution in [0, 0.1) is 0 Å². The highest BCUT2D eigenvalue weighted by Gasteiger charge is 2.29. The normalized spacial score (nSPS) is 16.8. The second-order valence-corrected chi connectivity index (χ2v) is 8.04. The molecule has 0 saturated carbocycles. The average molecular weight is 432 g/mol. The smallest absolute Gasteiger partial charge is 0.257 e. The van der Waals surface area contributed by atoms with Crippen molar-refractivity contribution in [3.63, 3.8) is 0 Å². The summed E-state index contributed by atoms with van der Waals surface area (Å²) in [6.07, 6.45) is -1.08. The number of thiophene rings is 1. The number of hydrogen-bond acceptors (Lipinski definition) is 4. The minimum Gasteiger partial charge on any atom is -0.378 e. The SMILES string of the molecule is CN(Cc1csc(Br)c1)c1cc2c(cc1Br)C(O)C(=O)N2. The van der Waals surface area contributed by atoms with E-state index >= 15 is 0 Å². The summed E-state index contributed by atoms with van der Waals surface area (Å²) in [4.78, 5) is 13.6. The minimum absolute atomic E-state index is 0.376. The van der Waals surface area contributed by atoms with Crippen LogP contribution in [0.4, 0.5) is 11.4 Å². The molecule has 1 aromatic heterocycles. The molecule has 4 nitrogen and oxygen atoms in total. The fourth-order valence-electron chi connectivity index (χ4n) is 2.33. The second kappa shape index (κ2) is 5.72. The van der Waals surface area contributed by atoms with E-state index in [9.17, 15) is 9.90 Å². The highest BCUT2D eigenvalue weighted by molar-refractivity contribution is 9.11. The highest BCUT2D eigenvalue weighted by atomic mass is 79.9. The molecule has 0 aliphatic carbocycles. The van der Waals surface area contributed by atoms with Crippen LogP contribution < -0.4 is 10.2 Å². The van der Waals surface area contributed by atoms with Crippen molar-refractivity contribution in [3.05, 3.63) is 43.0 Å². The molecule has 1 amide bonds. The average Bonchev–Trinajstić information content (AvgIpc) is 2.95. The third kappa shape index (κ3) is 2.88. The number of carbonyl (C=O) groups excluding carboxylic acids is 1. The van der Waals surface area contributed by atoms with Crippen LogP contribution in [0.1, 0.15) is 17.2 Å². The van der Waals surface area contributed by atoms with Gasteiger partial charge in [0, 0.05) is 29.3 Å². The van der Waals surface area contributed by atoms with Crippen LogP contribution in [-0.4, -0.2) is 18.1 Å². The third-order valence-corrected chi connectivity index (χ3v) is 5.56. The highest BCUT2D eigenvalue weighted by Crippen LogP contribution is 2.39. The van der Waals surface area contributed by atoms with Crippen molar-refractivity contribution < 1.29 is 9.90 Å². The molecule has 2 aromatic rings. The van der Waals surface area contributed by atoms with Crippen LogP contribution in [0.2, 0.25) is 0 Å². The summed E-state index contributed by atoms with van der Waals surface area (Å²) in [6.45, 7) is 0.760. The lowest BCUT2D eigenvalue weighted by atomic mass is 10.1. The number of hydrogen-bond donors (Lipinski definition) is 2. The van der Waals surface area contributed by atoms with Gasteiger partial charge in [-0.05, 0) is 61.0 Å². The summed E-state index contributed by atoms with van der Waals surface area (Å²) in [5.74, 6) is -0.376. The first-order valence-electron chi connectivity index (χ1n) is 6.22. The number of amides is 1. The van der Waals surface area contributed by atoms with E-state index in [0.29, 0.717) is 11.3 Å². The molecule has 0 fully saturated rings. The molecule has 3 rings (SSSR count). The number of aliphatic hydroxyl groups excluding tert-OH is 1. The standard InChI is InChI=1S/C14H12Br2N2O2S/c1-18(5-7-2-12(16)21-6-7)11-4-10-8(3-9(11)15)13(19)14(20)17-10/h2-4,6,13,19H,5H2,1H3,(H,17,20). The lowest BCUT2D eigenvalue weighted by Crippen LogP contribution is -2.16. The summed E-state index contributed by atoms with van der Waals surface area (Å²) in [7, 11) is 1.99. The Balaban J connectivity index is 1.89. The molecule has 0 radical (unpaired) electrons. The molecule has 0 spiro atoms. The molecular formula is C14H12Br2N2O2S. The molecule has 110 valence electrons. The van der Waals surface area contributed by atoms with E-state index < -0.39 is 6.10 Å². The van der Waals surface area contributed by atoms with Gasteiger partial charge in [0.25, 0.3) is 5.91 Å². The van der Waals surface area contributed by atoms with Crippen molar-refractivity contribution in [1.82, 2.24) is 0 Å². The van der Waals surface area contributed by atoms with Crippen LogP contribution >= 0.6 is 43.2 Å². The van der Waals surface area contributed by atoms with Crippen LogP contribution in [0.5, 0.6) is 0 Å². The number of nitrogens with one attached hydrogen (secondary N) is 1. The van der Waals surface area contributed by atoms with Crippen LogP contribution in [0.15, 0.2) is 31.8 Å². The summed E-state index contributed by atoms with van der Waals surface area (Å²) < 4.78 is 1.96. The fraction of sp³-hybridized carbons (Fsp3) is 0.214. The summed E-state index contributed by atoms with van der Waals surface area (Å²) in [5.41, 5.74) is 3.46. The molecule has 0 bridgehead atoms. The Morgan fingerprint density at radius 1 is 1.38 bits per heavy atom. The number of fused-ring (bicyclic) bond motifs is 1. The molecule has 2 heterocycles. The maximum atomic E-state index is 11.5. The molecule has 21 heavy (non-hydrogen) atoms. The lowest BCUT2D eigenvalue weighted by molar-refractivity contribution is -0.123. The molecule has 1 aliphatic heterocycles. The minimum atomic E-state index is -1.08. The first kappa shape index (κ1) is 15.0. The van der Waals surface area contributed by atoms with Crippen molar-refractivity contribution in [2.75, 3.05) is 17.3 Å². The van der Waals surface area contributed by atoms with Gasteiger partial charge in [-0.15, -0.1) is 11.3 Å². The van der Waals surface area contributed by atoms with Gasteiger partial charge in [-0.1, -0.05) is 0 Å². The van der Waals surface area contributed by atoms with Crippen molar-refractivity contribution in [2.24, 2.45) is 0 Å². The lowest BCUT2D eigenvalue weighted by Gasteiger charge is -2.21. The van der Waals surface area contributed by atoms with Gasteiger partial charge in [-0.2, -0.15) is 0 Å². The van der Waals surface area contributed by atoms with Gasteiger partial charge in [-0.25, -0.2) is 0 Å². The molecule has 0 saturated heterocycles. The molecular weight excluding hydrogens is 420 g/mol. The van der Waals surface area contributed by atoms with E-state index in [2.05, 4.69) is 53.5 Å². The van der Waals surface area contributed by atoms with E-state index in [1.54, 1.807) is 17.4 Å². The topological polar surface area (TPSA) is 52.6 Å². The van der Waals surface area contributed by atoms with Gasteiger partial charge in [0.05, 0.1) is 9.47 Å². The first-order valence-corrected chi connectivity index (χ1v) is 8.68. The van der Waals surface area contributed by atoms with Crippen molar-refractivity contribution in [1.29, 1.82) is 0 Å². The molecule has 7 heteroatoms. The molecule has 1 aliphatic rings. The zero-order valence-electron chi connectivity index (χ0n) is 11.1. The number of halogens is 2. The van der Waals surface area contributed by atoms with Crippen molar-refractivity contribution in [3.8, 4) is 0 Å². The molecule has 2 N–H and O–H groups in total. The second-order valence-electron chi connectivity index (χ2n) is 4.90. The Labute approximate surface area is 143 Å². The maximum absolute atomic E-state index is 11.5. The Bertz CT molecular complexity index is 717. The van der Waals surface area contributed by atoms with Crippen molar-refractivity contribution >= 4 is 60.5 Å². The zero-order chi connectivity index (χ0) is 15.1. The van der Waals surface area contributed by atoms with Gasteiger partial charge in [0.15, 0.2) is 6.10 Å². The molecule has 1 atom stereocenters.